The van der Waals surface area contributed by atoms with Crippen molar-refractivity contribution in [3.05, 3.63) is 78.0 Å². The monoisotopic (exact) mass is 405 g/mol. The van der Waals surface area contributed by atoms with Crippen LogP contribution in [-0.2, 0) is 4.74 Å². The Hall–Kier alpha value is -2.83. The van der Waals surface area contributed by atoms with Gasteiger partial charge >= 0.3 is 0 Å². The predicted octanol–water partition coefficient (Wildman–Crippen LogP) is 4.63. The highest BCUT2D eigenvalue weighted by Crippen LogP contribution is 2.29. The minimum absolute atomic E-state index is 0.160. The number of carbonyl (C=O) groups is 1. The first-order chi connectivity index (χ1) is 14.2. The maximum absolute atomic E-state index is 12.9. The van der Waals surface area contributed by atoms with Crippen LogP contribution in [0.2, 0.25) is 0 Å². The first-order valence-corrected chi connectivity index (χ1v) is 10.4. The third kappa shape index (κ3) is 4.96. The number of nitrogens with zero attached hydrogens (tertiary/aromatic N) is 2. The molecule has 0 unspecified atom stereocenters. The van der Waals surface area contributed by atoms with Crippen molar-refractivity contribution in [2.45, 2.75) is 16.8 Å². The van der Waals surface area contributed by atoms with Gasteiger partial charge in [-0.2, -0.15) is 0 Å². The van der Waals surface area contributed by atoms with Gasteiger partial charge in [-0.25, -0.2) is 4.98 Å². The summed E-state index contributed by atoms with van der Waals surface area (Å²) < 4.78 is 5.40. The van der Waals surface area contributed by atoms with Gasteiger partial charge in [0.05, 0.1) is 18.8 Å². The summed E-state index contributed by atoms with van der Waals surface area (Å²) in [7, 11) is 0. The molecule has 3 aromatic rings. The van der Waals surface area contributed by atoms with Gasteiger partial charge in [-0.1, -0.05) is 29.5 Å². The van der Waals surface area contributed by atoms with Crippen molar-refractivity contribution in [2.75, 3.05) is 36.5 Å². The standard InChI is InChI=1S/C23H23N3O2S/c1-17-4-10-20(11-5-17)29-23-21(3-2-12-24-23)22(27)25-18-6-8-19(9-7-18)26-13-15-28-16-14-26/h2-12H,13-16H2,1H3,(H,25,27). The highest BCUT2D eigenvalue weighted by atomic mass is 32.2. The van der Waals surface area contributed by atoms with Gasteiger partial charge in [0, 0.05) is 35.6 Å². The van der Waals surface area contributed by atoms with Gasteiger partial charge in [0.25, 0.3) is 5.91 Å². The van der Waals surface area contributed by atoms with Crippen molar-refractivity contribution >= 4 is 29.0 Å². The van der Waals surface area contributed by atoms with Gasteiger partial charge in [0.15, 0.2) is 0 Å². The van der Waals surface area contributed by atoms with Crippen LogP contribution < -0.4 is 10.2 Å². The Kier molecular flexibility index (Phi) is 6.12. The van der Waals surface area contributed by atoms with Crippen LogP contribution in [0.1, 0.15) is 15.9 Å². The average Bonchev–Trinajstić information content (AvgIpc) is 2.77. The summed E-state index contributed by atoms with van der Waals surface area (Å²) in [6.07, 6.45) is 1.71. The summed E-state index contributed by atoms with van der Waals surface area (Å²) in [4.78, 5) is 20.6. The number of pyridine rings is 1. The van der Waals surface area contributed by atoms with Gasteiger partial charge in [0.1, 0.15) is 5.03 Å². The van der Waals surface area contributed by atoms with E-state index in [1.165, 1.54) is 17.3 Å². The molecule has 1 aliphatic rings. The van der Waals surface area contributed by atoms with Crippen molar-refractivity contribution in [3.8, 4) is 0 Å². The molecule has 2 heterocycles. The molecule has 0 aliphatic carbocycles. The molecule has 6 heteroatoms. The molecule has 1 N–H and O–H groups in total. The second-order valence-corrected chi connectivity index (χ2v) is 7.93. The highest BCUT2D eigenvalue weighted by Gasteiger charge is 2.15. The lowest BCUT2D eigenvalue weighted by atomic mass is 10.2. The average molecular weight is 406 g/mol. The number of hydrogen-bond donors (Lipinski definition) is 1. The molecule has 4 rings (SSSR count). The van der Waals surface area contributed by atoms with Crippen LogP contribution in [0.4, 0.5) is 11.4 Å². The van der Waals surface area contributed by atoms with E-state index in [9.17, 15) is 4.79 Å². The zero-order valence-corrected chi connectivity index (χ0v) is 17.1. The van der Waals surface area contributed by atoms with E-state index in [2.05, 4.69) is 34.3 Å². The van der Waals surface area contributed by atoms with Gasteiger partial charge in [-0.05, 0) is 55.5 Å². The Bertz CT molecular complexity index is 968. The molecule has 2 aromatic carbocycles. The van der Waals surface area contributed by atoms with Crippen molar-refractivity contribution < 1.29 is 9.53 Å². The number of aryl methyl sites for hydroxylation is 1. The van der Waals surface area contributed by atoms with Crippen LogP contribution in [0.15, 0.2) is 76.8 Å². The first-order valence-electron chi connectivity index (χ1n) is 9.63. The highest BCUT2D eigenvalue weighted by molar-refractivity contribution is 7.99. The number of anilines is 2. The van der Waals surface area contributed by atoms with Crippen molar-refractivity contribution in [1.82, 2.24) is 4.98 Å². The summed E-state index contributed by atoms with van der Waals surface area (Å²) in [5, 5.41) is 3.68. The van der Waals surface area contributed by atoms with Crippen molar-refractivity contribution in [2.24, 2.45) is 0 Å². The number of hydrogen-bond acceptors (Lipinski definition) is 5. The molecule has 29 heavy (non-hydrogen) atoms. The van der Waals surface area contributed by atoms with E-state index in [4.69, 9.17) is 4.74 Å². The van der Waals surface area contributed by atoms with Crippen molar-refractivity contribution in [3.63, 3.8) is 0 Å². The number of carbonyl (C=O) groups excluding carboxylic acids is 1. The molecule has 5 nitrogen and oxygen atoms in total. The summed E-state index contributed by atoms with van der Waals surface area (Å²) >= 11 is 1.49. The first kappa shape index (κ1) is 19.5. The molecule has 0 saturated carbocycles. The smallest absolute Gasteiger partial charge is 0.258 e. The number of morpholine rings is 1. The topological polar surface area (TPSA) is 54.5 Å². The third-order valence-electron chi connectivity index (χ3n) is 4.75. The number of nitrogens with one attached hydrogen (secondary N) is 1. The number of amides is 1. The fourth-order valence-electron chi connectivity index (χ4n) is 3.14. The van der Waals surface area contributed by atoms with Crippen LogP contribution in [0.3, 0.4) is 0 Å². The SMILES string of the molecule is Cc1ccc(Sc2ncccc2C(=O)Nc2ccc(N3CCOCC3)cc2)cc1. The Morgan fingerprint density at radius 1 is 1.03 bits per heavy atom. The Morgan fingerprint density at radius 2 is 1.76 bits per heavy atom. The number of aromatic nitrogens is 1. The van der Waals surface area contributed by atoms with Crippen LogP contribution in [0.5, 0.6) is 0 Å². The summed E-state index contributed by atoms with van der Waals surface area (Å²) in [6, 6.07) is 19.7. The maximum atomic E-state index is 12.9. The predicted molar refractivity (Wildman–Crippen MR) is 117 cm³/mol. The summed E-state index contributed by atoms with van der Waals surface area (Å²) in [5.74, 6) is -0.160. The third-order valence-corrected chi connectivity index (χ3v) is 5.78. The second-order valence-electron chi connectivity index (χ2n) is 6.87. The maximum Gasteiger partial charge on any atom is 0.258 e. The van der Waals surface area contributed by atoms with Gasteiger partial charge in [-0.15, -0.1) is 0 Å². The van der Waals surface area contributed by atoms with Gasteiger partial charge in [-0.3, -0.25) is 4.79 Å². The second kappa shape index (κ2) is 9.11. The molecule has 1 saturated heterocycles. The fraction of sp³-hybridized carbons (Fsp3) is 0.217. The molecule has 148 valence electrons. The molecular weight excluding hydrogens is 382 g/mol. The Labute approximate surface area is 175 Å². The summed E-state index contributed by atoms with van der Waals surface area (Å²) in [5.41, 5.74) is 3.68. The number of benzene rings is 2. The van der Waals surface area contributed by atoms with E-state index in [1.807, 2.05) is 36.4 Å². The van der Waals surface area contributed by atoms with E-state index < -0.39 is 0 Å². The van der Waals surface area contributed by atoms with Crippen LogP contribution in [0, 0.1) is 6.92 Å². The molecule has 0 atom stereocenters. The van der Waals surface area contributed by atoms with Crippen molar-refractivity contribution in [1.29, 1.82) is 0 Å². The molecule has 1 aromatic heterocycles. The minimum atomic E-state index is -0.160. The van der Waals surface area contributed by atoms with E-state index in [-0.39, 0.29) is 5.91 Å². The molecule has 1 aliphatic heterocycles. The van der Waals surface area contributed by atoms with E-state index in [1.54, 1.807) is 18.3 Å². The van der Waals surface area contributed by atoms with Crippen LogP contribution in [0.25, 0.3) is 0 Å². The number of ether oxygens (including phenoxy) is 1. The fourth-order valence-corrected chi connectivity index (χ4v) is 4.02. The number of rotatable bonds is 5. The van der Waals surface area contributed by atoms with Gasteiger partial charge in [0.2, 0.25) is 0 Å². The lowest BCUT2D eigenvalue weighted by Gasteiger charge is -2.28. The van der Waals surface area contributed by atoms with E-state index >= 15 is 0 Å². The molecule has 0 radical (unpaired) electrons. The van der Waals surface area contributed by atoms with E-state index in [0.717, 1.165) is 42.6 Å². The lowest BCUT2D eigenvalue weighted by Crippen LogP contribution is -2.36. The zero-order valence-electron chi connectivity index (χ0n) is 16.3. The Morgan fingerprint density at radius 3 is 2.48 bits per heavy atom. The van der Waals surface area contributed by atoms with E-state index in [0.29, 0.717) is 10.6 Å². The van der Waals surface area contributed by atoms with Gasteiger partial charge < -0.3 is 15.0 Å². The normalized spacial score (nSPS) is 13.9. The molecule has 1 fully saturated rings. The quantitative estimate of drug-likeness (QED) is 0.671. The zero-order chi connectivity index (χ0) is 20.1. The summed E-state index contributed by atoms with van der Waals surface area (Å²) in [6.45, 7) is 5.34. The molecule has 1 amide bonds. The van der Waals surface area contributed by atoms with Crippen LogP contribution in [-0.4, -0.2) is 37.2 Å². The molecule has 0 bridgehead atoms. The van der Waals surface area contributed by atoms with Crippen LogP contribution >= 0.6 is 11.8 Å². The largest absolute Gasteiger partial charge is 0.378 e. The minimum Gasteiger partial charge on any atom is -0.378 e. The Balaban J connectivity index is 1.46. The molecule has 0 spiro atoms. The lowest BCUT2D eigenvalue weighted by molar-refractivity contribution is 0.102. The molecular formula is C23H23N3O2S.